The third-order valence-electron chi connectivity index (χ3n) is 12.4. The van der Waals surface area contributed by atoms with E-state index in [1.165, 1.54) is 0 Å². The van der Waals surface area contributed by atoms with Crippen molar-refractivity contribution in [2.75, 3.05) is 0 Å². The summed E-state index contributed by atoms with van der Waals surface area (Å²) < 4.78 is 4.27. The van der Waals surface area contributed by atoms with Crippen molar-refractivity contribution in [2.24, 2.45) is 0 Å². The van der Waals surface area contributed by atoms with Gasteiger partial charge in [0, 0.05) is 44.0 Å². The molecule has 9 aromatic carbocycles. The molecule has 8 heteroatoms. The summed E-state index contributed by atoms with van der Waals surface area (Å²) in [5.41, 5.74) is 14.5. The molecule has 0 amide bonds. The van der Waals surface area contributed by atoms with Gasteiger partial charge in [-0.1, -0.05) is 178 Å². The summed E-state index contributed by atoms with van der Waals surface area (Å²) in [6, 6.07) is 62.1. The van der Waals surface area contributed by atoms with E-state index in [0.29, 0.717) is 44.0 Å². The van der Waals surface area contributed by atoms with E-state index in [1.54, 1.807) is 0 Å². The molecule has 12 radical (unpaired) electrons. The minimum atomic E-state index is 0.263. The summed E-state index contributed by atoms with van der Waals surface area (Å²) in [5.74, 6) is 0. The van der Waals surface area contributed by atoms with Crippen LogP contribution in [0, 0.1) is 0 Å². The second kappa shape index (κ2) is 14.9. The molecule has 274 valence electrons. The second-order valence-corrected chi connectivity index (χ2v) is 15.8. The lowest BCUT2D eigenvalue weighted by molar-refractivity contribution is 1.19. The minimum absolute atomic E-state index is 0.263. The smallest absolute Gasteiger partial charge is 0.115 e. The minimum Gasteiger partial charge on any atom is -0.310 e. The summed E-state index contributed by atoms with van der Waals surface area (Å²) in [7, 11) is 43.8. The van der Waals surface area contributed by atoms with Crippen LogP contribution in [0.1, 0.15) is 0 Å². The van der Waals surface area contributed by atoms with E-state index in [9.17, 15) is 0 Å². The fourth-order valence-corrected chi connectivity index (χ4v) is 9.49. The molecule has 2 nitrogen and oxygen atoms in total. The van der Waals surface area contributed by atoms with Gasteiger partial charge in [-0.05, 0) is 80.9 Å². The van der Waals surface area contributed by atoms with Crippen molar-refractivity contribution < 1.29 is 0 Å². The highest BCUT2D eigenvalue weighted by Crippen LogP contribution is 2.39. The highest BCUT2D eigenvalue weighted by Gasteiger charge is 2.26. The van der Waals surface area contributed by atoms with Crippen LogP contribution in [0.2, 0.25) is 0 Å². The topological polar surface area (TPSA) is 9.86 Å². The average Bonchev–Trinajstić information content (AvgIpc) is 3.87. The normalized spacial score (nSPS) is 11.6. The van der Waals surface area contributed by atoms with Crippen LogP contribution in [0.3, 0.4) is 0 Å². The molecule has 0 saturated carbocycles. The Kier molecular flexibility index (Phi) is 9.09. The number of hydrogen-bond donors (Lipinski definition) is 0. The molecule has 11 rings (SSSR count). The van der Waals surface area contributed by atoms with Gasteiger partial charge in [0.2, 0.25) is 0 Å². The van der Waals surface area contributed by atoms with Gasteiger partial charge >= 0.3 is 0 Å². The van der Waals surface area contributed by atoms with Gasteiger partial charge in [-0.2, -0.15) is 0 Å². The molecule has 0 saturated heterocycles. The van der Waals surface area contributed by atoms with Crippen LogP contribution in [-0.4, -0.2) is 56.2 Å². The summed E-state index contributed by atoms with van der Waals surface area (Å²) in [6.07, 6.45) is 0. The van der Waals surface area contributed by atoms with E-state index < -0.39 is 0 Å². The molecule has 0 aliphatic heterocycles. The standard InChI is InChI=1S/C54H30B6N2/c55-47-43-39-19-10-11-21-40(39)61(36-27-23-33(24-28-36)31-13-4-1-5-14-31)53(43)51(59)49(57)44(47)45-48(56)46-42-38(35-17-8-3-9-18-35)20-12-22-41(42)62(54(46)52(60)50(45)58)37-29-25-34(26-30-37)32-15-6-2-7-16-32/h1-30H. The van der Waals surface area contributed by atoms with E-state index >= 15 is 0 Å². The van der Waals surface area contributed by atoms with Crippen molar-refractivity contribution >= 4 is 123 Å². The summed E-state index contributed by atoms with van der Waals surface area (Å²) >= 11 is 0. The molecule has 0 atom stereocenters. The lowest BCUT2D eigenvalue weighted by Crippen LogP contribution is -2.41. The van der Waals surface area contributed by atoms with Crippen LogP contribution < -0.4 is 32.8 Å². The quantitative estimate of drug-likeness (QED) is 0.157. The maximum atomic E-state index is 7.52. The molecule has 0 spiro atoms. The fourth-order valence-electron chi connectivity index (χ4n) is 9.49. The number of benzene rings is 9. The Morgan fingerprint density at radius 3 is 1.21 bits per heavy atom. The molecule has 0 N–H and O–H groups in total. The highest BCUT2D eigenvalue weighted by molar-refractivity contribution is 6.65. The Hall–Kier alpha value is -7.03. The number of aromatic nitrogens is 2. The van der Waals surface area contributed by atoms with Gasteiger partial charge in [0.05, 0.1) is 11.0 Å². The van der Waals surface area contributed by atoms with Gasteiger partial charge in [-0.25, -0.2) is 0 Å². The zero-order valence-electron chi connectivity index (χ0n) is 33.7. The van der Waals surface area contributed by atoms with E-state index in [2.05, 4.69) is 124 Å². The number of nitrogens with zero attached hydrogens (tertiary/aromatic N) is 2. The van der Waals surface area contributed by atoms with Crippen molar-refractivity contribution in [3.8, 4) is 55.9 Å². The van der Waals surface area contributed by atoms with Gasteiger partial charge in [0.1, 0.15) is 47.1 Å². The zero-order valence-corrected chi connectivity index (χ0v) is 33.7. The molecular weight excluding hydrogens is 741 g/mol. The Bertz CT molecular complexity index is 3540. The average molecular weight is 772 g/mol. The lowest BCUT2D eigenvalue weighted by Gasteiger charge is -2.25. The second-order valence-electron chi connectivity index (χ2n) is 15.8. The molecule has 11 aromatic rings. The number of rotatable bonds is 6. The zero-order chi connectivity index (χ0) is 42.2. The van der Waals surface area contributed by atoms with E-state index in [-0.39, 0.29) is 10.9 Å². The van der Waals surface area contributed by atoms with Gasteiger partial charge in [-0.3, -0.25) is 0 Å². The molecule has 0 bridgehead atoms. The largest absolute Gasteiger partial charge is 0.310 e. The highest BCUT2D eigenvalue weighted by atomic mass is 15.0. The number of fused-ring (bicyclic) bond motifs is 6. The molecule has 2 heterocycles. The first kappa shape index (κ1) is 37.9. The molecule has 2 aromatic heterocycles. The molecule has 0 unspecified atom stereocenters. The maximum absolute atomic E-state index is 7.52. The van der Waals surface area contributed by atoms with Crippen LogP contribution in [0.25, 0.3) is 99.5 Å². The van der Waals surface area contributed by atoms with Gasteiger partial charge < -0.3 is 9.13 Å². The molecule has 0 aliphatic rings. The molecule has 62 heavy (non-hydrogen) atoms. The van der Waals surface area contributed by atoms with Crippen LogP contribution in [0.15, 0.2) is 182 Å². The first-order valence-electron chi connectivity index (χ1n) is 20.5. The van der Waals surface area contributed by atoms with Crippen molar-refractivity contribution in [1.82, 2.24) is 9.13 Å². The maximum Gasteiger partial charge on any atom is 0.115 e. The first-order valence-corrected chi connectivity index (χ1v) is 20.5. The van der Waals surface area contributed by atoms with Crippen LogP contribution in [0.4, 0.5) is 0 Å². The van der Waals surface area contributed by atoms with E-state index in [0.717, 1.165) is 77.3 Å². The van der Waals surface area contributed by atoms with Gasteiger partial charge in [0.25, 0.3) is 0 Å². The van der Waals surface area contributed by atoms with Gasteiger partial charge in [-0.15, -0.1) is 0 Å². The van der Waals surface area contributed by atoms with Crippen LogP contribution in [-0.2, 0) is 0 Å². The number of para-hydroxylation sites is 1. The van der Waals surface area contributed by atoms with Crippen molar-refractivity contribution in [3.63, 3.8) is 0 Å². The van der Waals surface area contributed by atoms with E-state index in [1.807, 2.05) is 66.7 Å². The molecular formula is C54H30B6N2. The molecule has 0 aliphatic carbocycles. The predicted octanol–water partition coefficient (Wildman–Crippen LogP) is 7.31. The Balaban J connectivity index is 1.19. The Morgan fingerprint density at radius 1 is 0.274 bits per heavy atom. The van der Waals surface area contributed by atoms with Crippen LogP contribution in [0.5, 0.6) is 0 Å². The summed E-state index contributed by atoms with van der Waals surface area (Å²) in [4.78, 5) is 0. The Morgan fingerprint density at radius 2 is 0.677 bits per heavy atom. The van der Waals surface area contributed by atoms with E-state index in [4.69, 9.17) is 47.1 Å². The van der Waals surface area contributed by atoms with Gasteiger partial charge in [0.15, 0.2) is 0 Å². The summed E-state index contributed by atoms with van der Waals surface area (Å²) in [5, 5.41) is 3.32. The number of hydrogen-bond acceptors (Lipinski definition) is 0. The first-order chi connectivity index (χ1) is 30.3. The predicted molar refractivity (Wildman–Crippen MR) is 269 cm³/mol. The van der Waals surface area contributed by atoms with Crippen molar-refractivity contribution in [2.45, 2.75) is 0 Å². The third kappa shape index (κ3) is 5.73. The fraction of sp³-hybridized carbons (Fsp3) is 0. The van der Waals surface area contributed by atoms with Crippen molar-refractivity contribution in [1.29, 1.82) is 0 Å². The Labute approximate surface area is 368 Å². The molecule has 0 fully saturated rings. The van der Waals surface area contributed by atoms with Crippen LogP contribution >= 0.6 is 0 Å². The third-order valence-corrected chi connectivity index (χ3v) is 12.4. The summed E-state index contributed by atoms with van der Waals surface area (Å²) in [6.45, 7) is 0. The SMILES string of the molecule is [B]c1c(-c2c([B])c([B])c3c(c2[B])c2c(-c4ccccc4)cccc2n3-c2ccc(-c3ccccc3)cc2)c([B])c2c3ccccc3n(-c3ccc(-c4ccccc4)cc3)c2c1[B]. The monoisotopic (exact) mass is 772 g/mol. The van der Waals surface area contributed by atoms with Crippen molar-refractivity contribution in [3.05, 3.63) is 182 Å². The lowest BCUT2D eigenvalue weighted by atomic mass is 9.63.